The molecule has 2 N–H and O–H groups in total. The smallest absolute Gasteiger partial charge is 0.235 e. The number of rotatable bonds is 3. The number of amides is 1. The summed E-state index contributed by atoms with van der Waals surface area (Å²) in [6.45, 7) is 6.55. The Hall–Kier alpha value is -3.08. The molecule has 1 aliphatic rings. The Kier molecular flexibility index (Phi) is 3.48. The van der Waals surface area contributed by atoms with Gasteiger partial charge in [0.25, 0.3) is 0 Å². The van der Waals surface area contributed by atoms with Crippen molar-refractivity contribution in [2.45, 2.75) is 44.4 Å². The van der Waals surface area contributed by atoms with Crippen LogP contribution in [0.2, 0.25) is 0 Å². The van der Waals surface area contributed by atoms with E-state index in [0.29, 0.717) is 0 Å². The summed E-state index contributed by atoms with van der Waals surface area (Å²) in [5.41, 5.74) is 5.23. The van der Waals surface area contributed by atoms with Crippen molar-refractivity contribution in [2.24, 2.45) is 0 Å². The minimum absolute atomic E-state index is 0. The van der Waals surface area contributed by atoms with E-state index in [4.69, 9.17) is 4.42 Å². The Morgan fingerprint density at radius 2 is 2.00 bits per heavy atom. The number of carbonyl (C=O) groups excluding carboxylic acids is 1. The van der Waals surface area contributed by atoms with E-state index in [1.54, 1.807) is 0 Å². The van der Waals surface area contributed by atoms with Crippen LogP contribution in [0.1, 0.15) is 46.3 Å². The van der Waals surface area contributed by atoms with Crippen LogP contribution in [0.4, 0.5) is 5.69 Å². The molecule has 2 heterocycles. The molecule has 0 radical (unpaired) electrons. The van der Waals surface area contributed by atoms with E-state index in [1.165, 1.54) is 12.1 Å². The van der Waals surface area contributed by atoms with Crippen LogP contribution in [0.3, 0.4) is 0 Å². The first-order valence-corrected chi connectivity index (χ1v) is 9.64. The van der Waals surface area contributed by atoms with Crippen LogP contribution >= 0.6 is 0 Å². The number of anilines is 1. The van der Waals surface area contributed by atoms with Crippen molar-refractivity contribution in [3.8, 4) is 0 Å². The molecule has 0 saturated heterocycles. The van der Waals surface area contributed by atoms with E-state index in [2.05, 4.69) is 42.1 Å². The lowest BCUT2D eigenvalue weighted by Crippen LogP contribution is -2.27. The SMILES string of the molecule is CC(C)(C)c1cc2cc(NC(=O)C3(c4ccc5ocnc5c4)CC3)ccc2[nH]1.[HH]. The van der Waals surface area contributed by atoms with Crippen molar-refractivity contribution in [1.82, 2.24) is 9.97 Å². The van der Waals surface area contributed by atoms with Gasteiger partial charge in [0.05, 0.1) is 5.41 Å². The maximum Gasteiger partial charge on any atom is 0.235 e. The first kappa shape index (κ1) is 17.0. The van der Waals surface area contributed by atoms with Crippen LogP contribution in [-0.4, -0.2) is 15.9 Å². The molecule has 144 valence electrons. The third-order valence-corrected chi connectivity index (χ3v) is 5.75. The van der Waals surface area contributed by atoms with Crippen LogP contribution in [0, 0.1) is 0 Å². The van der Waals surface area contributed by atoms with E-state index < -0.39 is 5.41 Å². The Bertz CT molecular complexity index is 1210. The van der Waals surface area contributed by atoms with Crippen molar-refractivity contribution < 1.29 is 10.6 Å². The van der Waals surface area contributed by atoms with Gasteiger partial charge in [-0.3, -0.25) is 4.79 Å². The minimum Gasteiger partial charge on any atom is -0.443 e. The van der Waals surface area contributed by atoms with Gasteiger partial charge in [0.2, 0.25) is 5.91 Å². The molecule has 4 aromatic rings. The largest absolute Gasteiger partial charge is 0.443 e. The number of hydrogen-bond acceptors (Lipinski definition) is 3. The number of H-pyrrole nitrogens is 1. The number of oxazole rings is 1. The van der Waals surface area contributed by atoms with Gasteiger partial charge in [-0.05, 0) is 54.8 Å². The van der Waals surface area contributed by atoms with Gasteiger partial charge in [0.15, 0.2) is 12.0 Å². The lowest BCUT2D eigenvalue weighted by molar-refractivity contribution is -0.118. The average molecular weight is 375 g/mol. The first-order chi connectivity index (χ1) is 13.3. The Morgan fingerprint density at radius 3 is 2.75 bits per heavy atom. The van der Waals surface area contributed by atoms with Gasteiger partial charge in [-0.2, -0.15) is 0 Å². The van der Waals surface area contributed by atoms with Crippen molar-refractivity contribution in [3.63, 3.8) is 0 Å². The third-order valence-electron chi connectivity index (χ3n) is 5.75. The summed E-state index contributed by atoms with van der Waals surface area (Å²) in [6.07, 6.45) is 3.14. The van der Waals surface area contributed by atoms with E-state index in [0.717, 1.165) is 46.1 Å². The molecule has 0 aliphatic heterocycles. The van der Waals surface area contributed by atoms with Crippen molar-refractivity contribution in [2.75, 3.05) is 5.32 Å². The molecule has 0 bridgehead atoms. The molecule has 1 fully saturated rings. The normalized spacial score (nSPS) is 15.8. The molecule has 1 saturated carbocycles. The topological polar surface area (TPSA) is 70.9 Å². The molecule has 1 amide bonds. The maximum absolute atomic E-state index is 13.1. The summed E-state index contributed by atoms with van der Waals surface area (Å²) in [5.74, 6) is 0.0428. The zero-order valence-electron chi connectivity index (χ0n) is 16.3. The van der Waals surface area contributed by atoms with Crippen molar-refractivity contribution >= 4 is 33.6 Å². The molecular weight excluding hydrogens is 350 g/mol. The monoisotopic (exact) mass is 375 g/mol. The highest BCUT2D eigenvalue weighted by molar-refractivity contribution is 6.03. The average Bonchev–Trinajstić information content (AvgIpc) is 3.13. The summed E-state index contributed by atoms with van der Waals surface area (Å²) in [5, 5.41) is 4.24. The van der Waals surface area contributed by atoms with Gasteiger partial charge in [0.1, 0.15) is 5.52 Å². The highest BCUT2D eigenvalue weighted by Crippen LogP contribution is 2.49. The molecule has 5 heteroatoms. The summed E-state index contributed by atoms with van der Waals surface area (Å²) in [6, 6.07) is 14.0. The van der Waals surface area contributed by atoms with Gasteiger partial charge >= 0.3 is 0 Å². The van der Waals surface area contributed by atoms with Crippen LogP contribution in [0.25, 0.3) is 22.0 Å². The van der Waals surface area contributed by atoms with Crippen LogP contribution < -0.4 is 5.32 Å². The second kappa shape index (κ2) is 5.71. The second-order valence-electron chi connectivity index (χ2n) is 8.81. The number of fused-ring (bicyclic) bond motifs is 2. The molecule has 5 rings (SSSR count). The predicted octanol–water partition coefficient (Wildman–Crippen LogP) is 5.52. The number of nitrogens with one attached hydrogen (secondary N) is 2. The van der Waals surface area contributed by atoms with E-state index >= 15 is 0 Å². The van der Waals surface area contributed by atoms with Crippen LogP contribution in [0.5, 0.6) is 0 Å². The molecule has 28 heavy (non-hydrogen) atoms. The Labute approximate surface area is 164 Å². The zero-order chi connectivity index (χ0) is 19.5. The lowest BCUT2D eigenvalue weighted by Gasteiger charge is -2.16. The number of nitrogens with zero attached hydrogens (tertiary/aromatic N) is 1. The second-order valence-corrected chi connectivity index (χ2v) is 8.81. The Balaban J connectivity index is 0.00000205. The van der Waals surface area contributed by atoms with Crippen molar-refractivity contribution in [3.05, 3.63) is 60.1 Å². The molecule has 2 aromatic carbocycles. The van der Waals surface area contributed by atoms with Gasteiger partial charge in [-0.25, -0.2) is 4.98 Å². The number of carbonyl (C=O) groups is 1. The fourth-order valence-electron chi connectivity index (χ4n) is 3.79. The standard InChI is InChI=1S/C23H23N3O2.H2/c1-22(2,3)20-11-14-10-16(5-6-17(14)26-20)25-21(27)23(8-9-23)15-4-7-19-18(12-15)24-13-28-19;/h4-7,10-13,26H,8-9H2,1-3H3,(H,25,27);1H. The number of aromatic nitrogens is 2. The molecule has 2 aromatic heterocycles. The molecule has 0 atom stereocenters. The third kappa shape index (κ3) is 2.70. The highest BCUT2D eigenvalue weighted by Gasteiger charge is 2.51. The number of hydrogen-bond donors (Lipinski definition) is 2. The predicted molar refractivity (Wildman–Crippen MR) is 113 cm³/mol. The van der Waals surface area contributed by atoms with E-state index in [1.807, 2.05) is 36.4 Å². The highest BCUT2D eigenvalue weighted by atomic mass is 16.3. The maximum atomic E-state index is 13.1. The zero-order valence-corrected chi connectivity index (χ0v) is 16.3. The molecule has 1 aliphatic carbocycles. The van der Waals surface area contributed by atoms with Crippen LogP contribution in [-0.2, 0) is 15.6 Å². The minimum atomic E-state index is -0.461. The van der Waals surface area contributed by atoms with Crippen molar-refractivity contribution in [1.29, 1.82) is 0 Å². The van der Waals surface area contributed by atoms with E-state index in [-0.39, 0.29) is 12.7 Å². The number of aromatic amines is 1. The molecule has 0 spiro atoms. The molecular formula is C23H25N3O2. The summed E-state index contributed by atoms with van der Waals surface area (Å²) >= 11 is 0. The quantitative estimate of drug-likeness (QED) is 0.495. The van der Waals surface area contributed by atoms with Gasteiger partial charge in [0, 0.05) is 29.1 Å². The van der Waals surface area contributed by atoms with Gasteiger partial charge < -0.3 is 14.7 Å². The summed E-state index contributed by atoms with van der Waals surface area (Å²) in [4.78, 5) is 20.8. The van der Waals surface area contributed by atoms with Crippen LogP contribution in [0.15, 0.2) is 53.3 Å². The molecule has 5 nitrogen and oxygen atoms in total. The fraction of sp³-hybridized carbons (Fsp3) is 0.304. The summed E-state index contributed by atoms with van der Waals surface area (Å²) in [7, 11) is 0. The Morgan fingerprint density at radius 1 is 1.18 bits per heavy atom. The lowest BCUT2D eigenvalue weighted by atomic mass is 9.92. The fourth-order valence-corrected chi connectivity index (χ4v) is 3.79. The molecule has 0 unspecified atom stereocenters. The first-order valence-electron chi connectivity index (χ1n) is 9.64. The van der Waals surface area contributed by atoms with Gasteiger partial charge in [-0.15, -0.1) is 0 Å². The summed E-state index contributed by atoms with van der Waals surface area (Å²) < 4.78 is 5.31. The van der Waals surface area contributed by atoms with E-state index in [9.17, 15) is 4.79 Å². The number of benzene rings is 2. The van der Waals surface area contributed by atoms with Gasteiger partial charge in [-0.1, -0.05) is 26.8 Å².